The lowest BCUT2D eigenvalue weighted by atomic mass is 9.90. The second kappa shape index (κ2) is 4.97. The molecule has 19 heavy (non-hydrogen) atoms. The lowest BCUT2D eigenvalue weighted by Gasteiger charge is -2.26. The quantitative estimate of drug-likeness (QED) is 0.775. The fraction of sp³-hybridized carbons (Fsp3) is 0.467. The molecule has 2 fully saturated rings. The molecule has 2 saturated heterocycles. The molecule has 2 atom stereocenters. The number of nitriles is 1. The number of thioether (sulfide) groups is 1. The summed E-state index contributed by atoms with van der Waals surface area (Å²) in [4.78, 5) is 12.4. The van der Waals surface area contributed by atoms with Crippen LogP contribution in [0.15, 0.2) is 18.2 Å². The standard InChI is InChI=1S/C15H14FNOS/c16-14-5-9(8-17)1-4-13(14)15(18)10-6-11-2-3-12(7-10)19-11/h1,4-5,10-12H,2-3,6-7H2. The number of ketones is 1. The van der Waals surface area contributed by atoms with E-state index in [4.69, 9.17) is 5.26 Å². The van der Waals surface area contributed by atoms with Gasteiger partial charge in [-0.25, -0.2) is 4.39 Å². The molecule has 0 spiro atoms. The van der Waals surface area contributed by atoms with Crippen LogP contribution in [0, 0.1) is 23.1 Å². The summed E-state index contributed by atoms with van der Waals surface area (Å²) in [5, 5.41) is 9.87. The third-order valence-electron chi connectivity index (χ3n) is 4.02. The van der Waals surface area contributed by atoms with Crippen LogP contribution in [0.1, 0.15) is 41.6 Å². The molecule has 1 aromatic rings. The SMILES string of the molecule is N#Cc1ccc(C(=O)C2CC3CCC(C2)S3)c(F)c1. The minimum absolute atomic E-state index is 0.0406. The Morgan fingerprint density at radius 2 is 2.00 bits per heavy atom. The third kappa shape index (κ3) is 2.40. The molecule has 2 bridgehead atoms. The van der Waals surface area contributed by atoms with Gasteiger partial charge in [0.2, 0.25) is 0 Å². The number of fused-ring (bicyclic) bond motifs is 2. The van der Waals surface area contributed by atoms with Gasteiger partial charge < -0.3 is 0 Å². The molecular weight excluding hydrogens is 261 g/mol. The molecule has 2 heterocycles. The van der Waals surface area contributed by atoms with Gasteiger partial charge in [-0.2, -0.15) is 17.0 Å². The Morgan fingerprint density at radius 1 is 1.32 bits per heavy atom. The maximum Gasteiger partial charge on any atom is 0.168 e. The molecule has 0 aromatic heterocycles. The van der Waals surface area contributed by atoms with Gasteiger partial charge in [0.1, 0.15) is 5.82 Å². The van der Waals surface area contributed by atoms with E-state index in [0.717, 1.165) is 18.9 Å². The summed E-state index contributed by atoms with van der Waals surface area (Å²) < 4.78 is 13.9. The van der Waals surface area contributed by atoms with Crippen molar-refractivity contribution in [3.63, 3.8) is 0 Å². The molecule has 1 aromatic carbocycles. The number of hydrogen-bond acceptors (Lipinski definition) is 3. The van der Waals surface area contributed by atoms with Crippen molar-refractivity contribution < 1.29 is 9.18 Å². The van der Waals surface area contributed by atoms with Crippen LogP contribution in [0.5, 0.6) is 0 Å². The van der Waals surface area contributed by atoms with Gasteiger partial charge in [-0.15, -0.1) is 0 Å². The highest BCUT2D eigenvalue weighted by Crippen LogP contribution is 2.46. The summed E-state index contributed by atoms with van der Waals surface area (Å²) in [5.41, 5.74) is 0.406. The normalized spacial score (nSPS) is 28.9. The van der Waals surface area contributed by atoms with Gasteiger partial charge in [0.15, 0.2) is 5.78 Å². The summed E-state index contributed by atoms with van der Waals surface area (Å²) in [5.74, 6) is -0.685. The van der Waals surface area contributed by atoms with Crippen molar-refractivity contribution in [3.05, 3.63) is 35.1 Å². The highest BCUT2D eigenvalue weighted by atomic mass is 32.2. The van der Waals surface area contributed by atoms with Gasteiger partial charge in [-0.1, -0.05) is 0 Å². The first-order valence-electron chi connectivity index (χ1n) is 6.56. The molecule has 0 radical (unpaired) electrons. The summed E-state index contributed by atoms with van der Waals surface area (Å²) in [6.45, 7) is 0. The van der Waals surface area contributed by atoms with Gasteiger partial charge in [-0.3, -0.25) is 4.79 Å². The molecular formula is C15H14FNOS. The minimum atomic E-state index is -0.561. The first kappa shape index (κ1) is 12.7. The minimum Gasteiger partial charge on any atom is -0.294 e. The van der Waals surface area contributed by atoms with Gasteiger partial charge in [-0.05, 0) is 43.9 Å². The van der Waals surface area contributed by atoms with E-state index >= 15 is 0 Å². The van der Waals surface area contributed by atoms with E-state index in [1.165, 1.54) is 25.0 Å². The van der Waals surface area contributed by atoms with E-state index in [1.807, 2.05) is 17.8 Å². The Bertz CT molecular complexity index is 554. The Balaban J connectivity index is 1.82. The molecule has 2 aliphatic heterocycles. The predicted molar refractivity (Wildman–Crippen MR) is 72.6 cm³/mol. The number of benzene rings is 1. The highest BCUT2D eigenvalue weighted by Gasteiger charge is 2.38. The molecule has 0 amide bonds. The number of hydrogen-bond donors (Lipinski definition) is 0. The summed E-state index contributed by atoms with van der Waals surface area (Å²) in [6.07, 6.45) is 4.13. The van der Waals surface area contributed by atoms with Crippen LogP contribution in [0.4, 0.5) is 4.39 Å². The maximum absolute atomic E-state index is 13.9. The summed E-state index contributed by atoms with van der Waals surface area (Å²) in [7, 11) is 0. The highest BCUT2D eigenvalue weighted by molar-refractivity contribution is 8.00. The van der Waals surface area contributed by atoms with Crippen LogP contribution in [-0.4, -0.2) is 16.3 Å². The zero-order valence-electron chi connectivity index (χ0n) is 10.4. The average Bonchev–Trinajstić information content (AvgIpc) is 2.76. The molecule has 0 N–H and O–H groups in total. The van der Waals surface area contributed by atoms with Crippen molar-refractivity contribution in [2.45, 2.75) is 36.2 Å². The van der Waals surface area contributed by atoms with Crippen molar-refractivity contribution in [1.29, 1.82) is 5.26 Å². The van der Waals surface area contributed by atoms with Crippen molar-refractivity contribution in [1.82, 2.24) is 0 Å². The van der Waals surface area contributed by atoms with Crippen molar-refractivity contribution in [2.24, 2.45) is 5.92 Å². The number of Topliss-reactive ketones (excluding diaryl/α,β-unsaturated/α-hetero) is 1. The smallest absolute Gasteiger partial charge is 0.168 e. The lowest BCUT2D eigenvalue weighted by molar-refractivity contribution is 0.0902. The zero-order valence-corrected chi connectivity index (χ0v) is 11.3. The van der Waals surface area contributed by atoms with E-state index in [-0.39, 0.29) is 22.8 Å². The first-order chi connectivity index (χ1) is 9.17. The Hall–Kier alpha value is -1.34. The second-order valence-corrected chi connectivity index (χ2v) is 6.90. The largest absolute Gasteiger partial charge is 0.294 e. The summed E-state index contributed by atoms with van der Waals surface area (Å²) >= 11 is 1.99. The molecule has 0 saturated carbocycles. The van der Waals surface area contributed by atoms with Gasteiger partial charge in [0.05, 0.1) is 17.2 Å². The predicted octanol–water partition coefficient (Wildman–Crippen LogP) is 3.55. The number of halogens is 1. The molecule has 2 aliphatic rings. The third-order valence-corrected chi connectivity index (χ3v) is 5.65. The van der Waals surface area contributed by atoms with Crippen molar-refractivity contribution in [3.8, 4) is 6.07 Å². The van der Waals surface area contributed by atoms with Crippen LogP contribution < -0.4 is 0 Å². The first-order valence-corrected chi connectivity index (χ1v) is 7.51. The molecule has 3 rings (SSSR count). The zero-order chi connectivity index (χ0) is 13.4. The van der Waals surface area contributed by atoms with Gasteiger partial charge >= 0.3 is 0 Å². The van der Waals surface area contributed by atoms with E-state index in [0.29, 0.717) is 10.5 Å². The van der Waals surface area contributed by atoms with Gasteiger partial charge in [0.25, 0.3) is 0 Å². The average molecular weight is 275 g/mol. The number of carbonyl (C=O) groups is 1. The van der Waals surface area contributed by atoms with E-state index in [9.17, 15) is 9.18 Å². The van der Waals surface area contributed by atoms with Crippen molar-refractivity contribution >= 4 is 17.5 Å². The fourth-order valence-corrected chi connectivity index (χ4v) is 4.85. The molecule has 4 heteroatoms. The van der Waals surface area contributed by atoms with Crippen LogP contribution in [0.3, 0.4) is 0 Å². The summed E-state index contributed by atoms with van der Waals surface area (Å²) in [6, 6.07) is 6.01. The van der Waals surface area contributed by atoms with Crippen LogP contribution in [-0.2, 0) is 0 Å². The number of carbonyl (C=O) groups excluding carboxylic acids is 1. The van der Waals surface area contributed by atoms with E-state index in [1.54, 1.807) is 0 Å². The second-order valence-electron chi connectivity index (χ2n) is 5.30. The van der Waals surface area contributed by atoms with Crippen LogP contribution in [0.2, 0.25) is 0 Å². The Morgan fingerprint density at radius 3 is 2.58 bits per heavy atom. The van der Waals surface area contributed by atoms with E-state index in [2.05, 4.69) is 0 Å². The maximum atomic E-state index is 13.9. The molecule has 98 valence electrons. The van der Waals surface area contributed by atoms with Crippen LogP contribution in [0.25, 0.3) is 0 Å². The fourth-order valence-electron chi connectivity index (χ4n) is 3.08. The van der Waals surface area contributed by atoms with Gasteiger partial charge in [0, 0.05) is 16.4 Å². The van der Waals surface area contributed by atoms with Crippen molar-refractivity contribution in [2.75, 3.05) is 0 Å². The number of rotatable bonds is 2. The number of nitrogens with zero attached hydrogens (tertiary/aromatic N) is 1. The Labute approximate surface area is 116 Å². The Kier molecular flexibility index (Phi) is 3.32. The topological polar surface area (TPSA) is 40.9 Å². The van der Waals surface area contributed by atoms with E-state index < -0.39 is 5.82 Å². The molecule has 2 nitrogen and oxygen atoms in total. The monoisotopic (exact) mass is 275 g/mol. The lowest BCUT2D eigenvalue weighted by Crippen LogP contribution is -2.25. The van der Waals surface area contributed by atoms with Crippen LogP contribution >= 0.6 is 11.8 Å². The molecule has 2 unspecified atom stereocenters. The molecule has 0 aliphatic carbocycles.